The van der Waals surface area contributed by atoms with Gasteiger partial charge in [0.05, 0.1) is 25.5 Å². The van der Waals surface area contributed by atoms with E-state index in [1.807, 2.05) is 0 Å². The number of esters is 1. The molecule has 6 heteroatoms. The van der Waals surface area contributed by atoms with Crippen LogP contribution in [0.4, 0.5) is 5.69 Å². The van der Waals surface area contributed by atoms with Crippen molar-refractivity contribution in [3.8, 4) is 5.75 Å². The van der Waals surface area contributed by atoms with Crippen LogP contribution >= 0.6 is 0 Å². The molecule has 92 valence electrons. The zero-order valence-electron chi connectivity index (χ0n) is 9.60. The summed E-state index contributed by atoms with van der Waals surface area (Å²) in [5, 5.41) is 2.73. The zero-order valence-corrected chi connectivity index (χ0v) is 9.60. The van der Waals surface area contributed by atoms with Gasteiger partial charge in [-0.1, -0.05) is 0 Å². The summed E-state index contributed by atoms with van der Waals surface area (Å²) in [6.07, 6.45) is -0.263. The van der Waals surface area contributed by atoms with Crippen molar-refractivity contribution >= 4 is 17.9 Å². The first-order valence-electron chi connectivity index (χ1n) is 4.86. The third kappa shape index (κ3) is 3.18. The van der Waals surface area contributed by atoms with E-state index in [1.165, 1.54) is 20.3 Å². The second-order valence-corrected chi connectivity index (χ2v) is 3.21. The Kier molecular flexibility index (Phi) is 4.47. The summed E-state index contributed by atoms with van der Waals surface area (Å²) in [6.45, 7) is 0. The molecule has 0 heterocycles. The van der Waals surface area contributed by atoms with Crippen LogP contribution in [0.1, 0.15) is 10.4 Å². The average Bonchev–Trinajstić information content (AvgIpc) is 2.37. The highest BCUT2D eigenvalue weighted by molar-refractivity contribution is 5.90. The SMILES string of the molecule is COC(=O)c1ccc(NC(N)C=O)c(OC)c1. The van der Waals surface area contributed by atoms with Gasteiger partial charge in [-0.2, -0.15) is 0 Å². The van der Waals surface area contributed by atoms with Crippen molar-refractivity contribution in [2.75, 3.05) is 19.5 Å². The maximum atomic E-state index is 11.3. The average molecular weight is 238 g/mol. The number of anilines is 1. The molecule has 1 unspecified atom stereocenters. The van der Waals surface area contributed by atoms with Crippen LogP contribution < -0.4 is 15.8 Å². The van der Waals surface area contributed by atoms with Crippen LogP contribution in [0.3, 0.4) is 0 Å². The smallest absolute Gasteiger partial charge is 0.337 e. The highest BCUT2D eigenvalue weighted by Gasteiger charge is 2.11. The van der Waals surface area contributed by atoms with Gasteiger partial charge in [0, 0.05) is 0 Å². The van der Waals surface area contributed by atoms with Crippen molar-refractivity contribution in [1.29, 1.82) is 0 Å². The molecule has 0 saturated heterocycles. The Morgan fingerprint density at radius 3 is 2.71 bits per heavy atom. The second-order valence-electron chi connectivity index (χ2n) is 3.21. The Hall–Kier alpha value is -2.08. The lowest BCUT2D eigenvalue weighted by molar-refractivity contribution is -0.108. The molecule has 0 spiro atoms. The zero-order chi connectivity index (χ0) is 12.8. The highest BCUT2D eigenvalue weighted by atomic mass is 16.5. The lowest BCUT2D eigenvalue weighted by Crippen LogP contribution is -2.31. The van der Waals surface area contributed by atoms with Crippen molar-refractivity contribution < 1.29 is 19.1 Å². The van der Waals surface area contributed by atoms with E-state index in [0.717, 1.165) is 0 Å². The molecule has 1 aromatic rings. The first kappa shape index (κ1) is 13.0. The molecule has 0 aliphatic carbocycles. The van der Waals surface area contributed by atoms with Gasteiger partial charge in [0.25, 0.3) is 0 Å². The van der Waals surface area contributed by atoms with Gasteiger partial charge in [-0.15, -0.1) is 0 Å². The van der Waals surface area contributed by atoms with E-state index in [4.69, 9.17) is 10.5 Å². The number of carbonyl (C=O) groups excluding carboxylic acids is 2. The summed E-state index contributed by atoms with van der Waals surface area (Å²) in [5.74, 6) is -0.0558. The highest BCUT2D eigenvalue weighted by Crippen LogP contribution is 2.25. The molecule has 0 bridgehead atoms. The van der Waals surface area contributed by atoms with E-state index in [0.29, 0.717) is 23.3 Å². The molecule has 1 atom stereocenters. The molecule has 1 aromatic carbocycles. The number of hydrogen-bond acceptors (Lipinski definition) is 6. The van der Waals surface area contributed by atoms with Crippen LogP contribution in [0, 0.1) is 0 Å². The molecule has 0 fully saturated rings. The summed E-state index contributed by atoms with van der Waals surface area (Å²) >= 11 is 0. The fraction of sp³-hybridized carbons (Fsp3) is 0.273. The fourth-order valence-corrected chi connectivity index (χ4v) is 1.27. The summed E-state index contributed by atoms with van der Waals surface area (Å²) in [6, 6.07) is 4.65. The summed E-state index contributed by atoms with van der Waals surface area (Å²) in [5.41, 5.74) is 6.31. The number of aldehydes is 1. The first-order valence-corrected chi connectivity index (χ1v) is 4.86. The number of nitrogens with one attached hydrogen (secondary N) is 1. The predicted molar refractivity (Wildman–Crippen MR) is 62.0 cm³/mol. The first-order chi connectivity index (χ1) is 8.12. The molecule has 0 aliphatic heterocycles. The number of nitrogens with two attached hydrogens (primary N) is 1. The number of hydrogen-bond donors (Lipinski definition) is 2. The van der Waals surface area contributed by atoms with Gasteiger partial charge in [0.15, 0.2) is 6.29 Å². The van der Waals surface area contributed by atoms with Crippen molar-refractivity contribution in [2.45, 2.75) is 6.17 Å². The van der Waals surface area contributed by atoms with Gasteiger partial charge in [0.1, 0.15) is 11.9 Å². The Morgan fingerprint density at radius 2 is 2.18 bits per heavy atom. The van der Waals surface area contributed by atoms with Crippen LogP contribution in [-0.2, 0) is 9.53 Å². The van der Waals surface area contributed by atoms with Gasteiger partial charge in [-0.3, -0.25) is 4.79 Å². The minimum Gasteiger partial charge on any atom is -0.495 e. The van der Waals surface area contributed by atoms with Crippen molar-refractivity contribution in [2.24, 2.45) is 5.73 Å². The number of ether oxygens (including phenoxy) is 2. The molecule has 3 N–H and O–H groups in total. The third-order valence-electron chi connectivity index (χ3n) is 2.09. The number of carbonyl (C=O) groups is 2. The Labute approximate surface area is 98.7 Å². The third-order valence-corrected chi connectivity index (χ3v) is 2.09. The number of methoxy groups -OCH3 is 2. The minimum atomic E-state index is -0.826. The predicted octanol–water partition coefficient (Wildman–Crippen LogP) is 0.377. The maximum Gasteiger partial charge on any atom is 0.337 e. The van der Waals surface area contributed by atoms with E-state index in [1.54, 1.807) is 12.1 Å². The lowest BCUT2D eigenvalue weighted by Gasteiger charge is -2.13. The maximum absolute atomic E-state index is 11.3. The van der Waals surface area contributed by atoms with Crippen LogP contribution in [0.5, 0.6) is 5.75 Å². The van der Waals surface area contributed by atoms with Gasteiger partial charge in [-0.05, 0) is 18.2 Å². The van der Waals surface area contributed by atoms with Gasteiger partial charge in [0.2, 0.25) is 0 Å². The summed E-state index contributed by atoms with van der Waals surface area (Å²) in [4.78, 5) is 21.7. The molecular formula is C11H14N2O4. The van der Waals surface area contributed by atoms with Crippen LogP contribution in [-0.4, -0.2) is 32.6 Å². The van der Waals surface area contributed by atoms with Crippen LogP contribution in [0.25, 0.3) is 0 Å². The van der Waals surface area contributed by atoms with Crippen molar-refractivity contribution in [1.82, 2.24) is 0 Å². The number of rotatable bonds is 5. The lowest BCUT2D eigenvalue weighted by atomic mass is 10.2. The molecule has 0 aromatic heterocycles. The molecule has 0 radical (unpaired) electrons. The minimum absolute atomic E-state index is 0.356. The van der Waals surface area contributed by atoms with Crippen molar-refractivity contribution in [3.05, 3.63) is 23.8 Å². The monoisotopic (exact) mass is 238 g/mol. The van der Waals surface area contributed by atoms with E-state index in [-0.39, 0.29) is 0 Å². The van der Waals surface area contributed by atoms with E-state index in [9.17, 15) is 9.59 Å². The quantitative estimate of drug-likeness (QED) is 0.438. The van der Waals surface area contributed by atoms with Gasteiger partial charge < -0.3 is 20.5 Å². The van der Waals surface area contributed by atoms with Gasteiger partial charge >= 0.3 is 5.97 Å². The molecule has 17 heavy (non-hydrogen) atoms. The molecule has 6 nitrogen and oxygen atoms in total. The Morgan fingerprint density at radius 1 is 1.47 bits per heavy atom. The Balaban J connectivity index is 3.00. The summed E-state index contributed by atoms with van der Waals surface area (Å²) in [7, 11) is 2.75. The molecule has 0 saturated carbocycles. The largest absolute Gasteiger partial charge is 0.495 e. The molecule has 0 aliphatic rings. The van der Waals surface area contributed by atoms with Crippen molar-refractivity contribution in [3.63, 3.8) is 0 Å². The normalized spacial score (nSPS) is 11.5. The van der Waals surface area contributed by atoms with E-state index in [2.05, 4.69) is 10.1 Å². The van der Waals surface area contributed by atoms with Crippen LogP contribution in [0.15, 0.2) is 18.2 Å². The second kappa shape index (κ2) is 5.86. The Bertz CT molecular complexity index is 420. The van der Waals surface area contributed by atoms with Crippen LogP contribution in [0.2, 0.25) is 0 Å². The standard InChI is InChI=1S/C11H14N2O4/c1-16-9-5-7(11(15)17-2)3-4-8(9)13-10(12)6-14/h3-6,10,13H,12H2,1-2H3. The molecular weight excluding hydrogens is 224 g/mol. The van der Waals surface area contributed by atoms with Gasteiger partial charge in [-0.25, -0.2) is 4.79 Å². The van der Waals surface area contributed by atoms with E-state index >= 15 is 0 Å². The topological polar surface area (TPSA) is 90.6 Å². The fourth-order valence-electron chi connectivity index (χ4n) is 1.27. The molecule has 1 rings (SSSR count). The molecule has 0 amide bonds. The number of benzene rings is 1. The van der Waals surface area contributed by atoms with E-state index < -0.39 is 12.1 Å². The summed E-state index contributed by atoms with van der Waals surface area (Å²) < 4.78 is 9.67.